The predicted molar refractivity (Wildman–Crippen MR) is 225 cm³/mol. The fourth-order valence-electron chi connectivity index (χ4n) is 7.88. The Balaban J connectivity index is 1.09. The molecule has 0 bridgehead atoms. The normalized spacial score (nSPS) is 11.8. The highest BCUT2D eigenvalue weighted by Gasteiger charge is 2.20. The number of anilines is 3. The summed E-state index contributed by atoms with van der Waals surface area (Å²) in [5, 5.41) is 9.53. The summed E-state index contributed by atoms with van der Waals surface area (Å²) in [6.45, 7) is 0. The van der Waals surface area contributed by atoms with Crippen molar-refractivity contribution < 1.29 is 4.42 Å². The molecular formula is C49H30N2OS. The van der Waals surface area contributed by atoms with Gasteiger partial charge in [0.2, 0.25) is 5.89 Å². The smallest absolute Gasteiger partial charge is 0.227 e. The van der Waals surface area contributed by atoms with Crippen LogP contribution in [0.25, 0.3) is 86.2 Å². The van der Waals surface area contributed by atoms with E-state index < -0.39 is 0 Å². The van der Waals surface area contributed by atoms with Gasteiger partial charge in [-0.05, 0) is 105 Å². The largest absolute Gasteiger partial charge is 0.435 e. The van der Waals surface area contributed by atoms with Crippen LogP contribution >= 0.6 is 11.3 Å². The van der Waals surface area contributed by atoms with Crippen LogP contribution in [0.3, 0.4) is 0 Å². The van der Waals surface area contributed by atoms with Gasteiger partial charge in [-0.25, -0.2) is 4.98 Å². The van der Waals surface area contributed by atoms with Crippen molar-refractivity contribution in [1.29, 1.82) is 0 Å². The molecule has 0 N–H and O–H groups in total. The molecule has 0 aliphatic heterocycles. The third-order valence-electron chi connectivity index (χ3n) is 10.5. The Morgan fingerprint density at radius 3 is 1.94 bits per heavy atom. The van der Waals surface area contributed by atoms with E-state index in [2.05, 4.69) is 187 Å². The summed E-state index contributed by atoms with van der Waals surface area (Å²) in [6.07, 6.45) is 0. The summed E-state index contributed by atoms with van der Waals surface area (Å²) in [6, 6.07) is 65.0. The molecule has 0 atom stereocenters. The minimum Gasteiger partial charge on any atom is -0.435 e. The number of benzene rings is 9. The van der Waals surface area contributed by atoms with E-state index >= 15 is 0 Å². The van der Waals surface area contributed by atoms with Gasteiger partial charge in [0.05, 0.1) is 0 Å². The topological polar surface area (TPSA) is 29.3 Å². The quantitative estimate of drug-likeness (QED) is 0.168. The molecule has 2 heterocycles. The third kappa shape index (κ3) is 4.91. The molecule has 0 saturated carbocycles. The maximum atomic E-state index is 6.75. The predicted octanol–water partition coefficient (Wildman–Crippen LogP) is 14.5. The molecule has 0 spiro atoms. The van der Waals surface area contributed by atoms with Gasteiger partial charge >= 0.3 is 0 Å². The number of aromatic nitrogens is 1. The lowest BCUT2D eigenvalue weighted by atomic mass is 9.95. The fourth-order valence-corrected chi connectivity index (χ4v) is 8.97. The van der Waals surface area contributed by atoms with E-state index in [0.717, 1.165) is 61.0 Å². The molecule has 0 saturated heterocycles. The van der Waals surface area contributed by atoms with Crippen LogP contribution in [0.2, 0.25) is 0 Å². The van der Waals surface area contributed by atoms with Crippen molar-refractivity contribution in [2.75, 3.05) is 4.90 Å². The van der Waals surface area contributed by atoms with E-state index in [4.69, 9.17) is 9.40 Å². The summed E-state index contributed by atoms with van der Waals surface area (Å²) < 4.78 is 9.35. The highest BCUT2D eigenvalue weighted by molar-refractivity contribution is 7.25. The lowest BCUT2D eigenvalue weighted by Crippen LogP contribution is -2.09. The summed E-state index contributed by atoms with van der Waals surface area (Å²) >= 11 is 1.84. The zero-order valence-electron chi connectivity index (χ0n) is 28.5. The molecule has 0 aliphatic rings. The van der Waals surface area contributed by atoms with Crippen molar-refractivity contribution in [3.63, 3.8) is 0 Å². The number of rotatable bonds is 5. The summed E-state index contributed by atoms with van der Waals surface area (Å²) in [4.78, 5) is 7.56. The van der Waals surface area contributed by atoms with Crippen LogP contribution in [0.15, 0.2) is 186 Å². The first-order valence-electron chi connectivity index (χ1n) is 17.9. The first-order valence-corrected chi connectivity index (χ1v) is 18.7. The van der Waals surface area contributed by atoms with Gasteiger partial charge in [-0.2, -0.15) is 0 Å². The van der Waals surface area contributed by atoms with Crippen molar-refractivity contribution in [3.8, 4) is 22.6 Å². The number of hydrogen-bond donors (Lipinski definition) is 0. The second kappa shape index (κ2) is 11.9. The van der Waals surface area contributed by atoms with Gasteiger partial charge < -0.3 is 9.32 Å². The molecule has 0 fully saturated rings. The molecule has 0 amide bonds. The van der Waals surface area contributed by atoms with Crippen molar-refractivity contribution in [1.82, 2.24) is 4.98 Å². The SMILES string of the molecule is c1ccc(N(c2ccc(-c3cc4c5ccccc5ccc4c4oc(-c5ccc6ccccc6c5)nc34)cc2)c2ccc3sc4ccccc4c3c2)cc1. The van der Waals surface area contributed by atoms with Gasteiger partial charge in [0, 0.05) is 53.7 Å². The van der Waals surface area contributed by atoms with Gasteiger partial charge in [0.25, 0.3) is 0 Å². The number of fused-ring (bicyclic) bond motifs is 9. The van der Waals surface area contributed by atoms with Crippen LogP contribution in [-0.2, 0) is 0 Å². The Kier molecular flexibility index (Phi) is 6.73. The van der Waals surface area contributed by atoms with Gasteiger partial charge in [-0.3, -0.25) is 0 Å². The molecule has 2 aromatic heterocycles. The molecule has 53 heavy (non-hydrogen) atoms. The number of oxazole rings is 1. The molecule has 0 aliphatic carbocycles. The number of thiophene rings is 1. The standard InChI is InChI=1S/C49H30N2OS/c1-2-13-36(14-3-1)51(38-25-27-46-44(29-38)40-16-8-9-17-45(40)53-46)37-23-20-33(21-24-37)42-30-43-39-15-7-6-11-32(39)22-26-41(43)48-47(42)50-49(52-48)35-19-18-31-10-4-5-12-34(31)28-35/h1-30H. The summed E-state index contributed by atoms with van der Waals surface area (Å²) in [7, 11) is 0. The number of nitrogens with zero attached hydrogens (tertiary/aromatic N) is 2. The molecule has 0 radical (unpaired) electrons. The van der Waals surface area contributed by atoms with Crippen LogP contribution in [0.4, 0.5) is 17.1 Å². The van der Waals surface area contributed by atoms with E-state index in [9.17, 15) is 0 Å². The van der Waals surface area contributed by atoms with Crippen LogP contribution in [-0.4, -0.2) is 4.98 Å². The lowest BCUT2D eigenvalue weighted by molar-refractivity contribution is 0.623. The maximum Gasteiger partial charge on any atom is 0.227 e. The van der Waals surface area contributed by atoms with E-state index in [1.54, 1.807) is 0 Å². The highest BCUT2D eigenvalue weighted by atomic mass is 32.1. The minimum absolute atomic E-state index is 0.621. The van der Waals surface area contributed by atoms with Crippen molar-refractivity contribution in [2.24, 2.45) is 0 Å². The van der Waals surface area contributed by atoms with Crippen LogP contribution < -0.4 is 4.90 Å². The van der Waals surface area contributed by atoms with Gasteiger partial charge in [0.1, 0.15) is 5.52 Å². The Morgan fingerprint density at radius 2 is 1.08 bits per heavy atom. The van der Waals surface area contributed by atoms with Gasteiger partial charge in [-0.15, -0.1) is 11.3 Å². The summed E-state index contributed by atoms with van der Waals surface area (Å²) in [5.41, 5.74) is 8.06. The van der Waals surface area contributed by atoms with E-state index in [1.165, 1.54) is 36.3 Å². The molecule has 4 heteroatoms. The highest BCUT2D eigenvalue weighted by Crippen LogP contribution is 2.43. The van der Waals surface area contributed by atoms with Crippen molar-refractivity contribution in [3.05, 3.63) is 182 Å². The van der Waals surface area contributed by atoms with E-state index in [0.29, 0.717) is 5.89 Å². The zero-order valence-corrected chi connectivity index (χ0v) is 29.3. The zero-order chi connectivity index (χ0) is 34.9. The monoisotopic (exact) mass is 694 g/mol. The first-order chi connectivity index (χ1) is 26.2. The molecule has 248 valence electrons. The molecular weight excluding hydrogens is 665 g/mol. The Morgan fingerprint density at radius 1 is 0.415 bits per heavy atom. The summed E-state index contributed by atoms with van der Waals surface area (Å²) in [5.74, 6) is 0.621. The number of para-hydroxylation sites is 1. The van der Waals surface area contributed by atoms with Crippen LogP contribution in [0.5, 0.6) is 0 Å². The Bertz CT molecular complexity index is 3180. The van der Waals surface area contributed by atoms with Crippen LogP contribution in [0.1, 0.15) is 0 Å². The molecule has 0 unspecified atom stereocenters. The molecule has 11 aromatic rings. The molecule has 9 aromatic carbocycles. The van der Waals surface area contributed by atoms with E-state index in [1.807, 2.05) is 11.3 Å². The lowest BCUT2D eigenvalue weighted by Gasteiger charge is -2.26. The second-order valence-corrected chi connectivity index (χ2v) is 14.6. The van der Waals surface area contributed by atoms with E-state index in [-0.39, 0.29) is 0 Å². The van der Waals surface area contributed by atoms with Gasteiger partial charge in [0.15, 0.2) is 5.58 Å². The minimum atomic E-state index is 0.621. The van der Waals surface area contributed by atoms with Crippen LogP contribution in [0, 0.1) is 0 Å². The Labute approximate surface area is 309 Å². The second-order valence-electron chi connectivity index (χ2n) is 13.6. The molecule has 11 rings (SSSR count). The third-order valence-corrected chi connectivity index (χ3v) is 11.6. The van der Waals surface area contributed by atoms with Gasteiger partial charge in [-0.1, -0.05) is 109 Å². The average molecular weight is 695 g/mol. The molecule has 3 nitrogen and oxygen atoms in total. The fraction of sp³-hybridized carbons (Fsp3) is 0. The van der Waals surface area contributed by atoms with Crippen molar-refractivity contribution in [2.45, 2.75) is 0 Å². The Hall–Kier alpha value is -6.75. The maximum absolute atomic E-state index is 6.75. The average Bonchev–Trinajstić information content (AvgIpc) is 3.84. The number of hydrogen-bond acceptors (Lipinski definition) is 4. The van der Waals surface area contributed by atoms with Crippen molar-refractivity contribution >= 4 is 92.0 Å². The first kappa shape index (κ1) is 29.9.